The van der Waals surface area contributed by atoms with Crippen LogP contribution in [0.4, 0.5) is 5.69 Å². The van der Waals surface area contributed by atoms with E-state index in [9.17, 15) is 8.42 Å². The van der Waals surface area contributed by atoms with E-state index in [0.717, 1.165) is 5.56 Å². The van der Waals surface area contributed by atoms with Gasteiger partial charge in [0.1, 0.15) is 16.8 Å². The lowest BCUT2D eigenvalue weighted by atomic mass is 10.1. The highest BCUT2D eigenvalue weighted by molar-refractivity contribution is 7.89. The van der Waals surface area contributed by atoms with Gasteiger partial charge in [0, 0.05) is 5.56 Å². The van der Waals surface area contributed by atoms with Gasteiger partial charge in [0.25, 0.3) is 0 Å². The Morgan fingerprint density at radius 2 is 1.81 bits per heavy atom. The van der Waals surface area contributed by atoms with Crippen molar-refractivity contribution < 1.29 is 13.2 Å². The third kappa shape index (κ3) is 2.59. The zero-order valence-corrected chi connectivity index (χ0v) is 12.4. The summed E-state index contributed by atoms with van der Waals surface area (Å²) in [6.45, 7) is 2.41. The molecule has 2 N–H and O–H groups in total. The lowest BCUT2D eigenvalue weighted by Crippen LogP contribution is -2.38. The van der Waals surface area contributed by atoms with Crippen LogP contribution in [0.1, 0.15) is 18.7 Å². The minimum atomic E-state index is -3.54. The quantitative estimate of drug-likeness (QED) is 0.914. The van der Waals surface area contributed by atoms with Crippen LogP contribution in [0.3, 0.4) is 0 Å². The third-order valence-corrected chi connectivity index (χ3v) is 4.76. The fourth-order valence-corrected chi connectivity index (χ4v) is 3.67. The number of anilines is 1. The molecule has 0 bridgehead atoms. The molecule has 1 aliphatic rings. The first-order chi connectivity index (χ1) is 10.1. The summed E-state index contributed by atoms with van der Waals surface area (Å²) in [7, 11) is -3.54. The zero-order chi connectivity index (χ0) is 14.9. The van der Waals surface area contributed by atoms with Crippen LogP contribution in [0.15, 0.2) is 53.4 Å². The molecule has 0 saturated heterocycles. The molecule has 0 saturated carbocycles. The van der Waals surface area contributed by atoms with Gasteiger partial charge in [-0.25, -0.2) is 8.42 Å². The molecule has 0 unspecified atom stereocenters. The number of rotatable bonds is 3. The Bertz CT molecular complexity index is 759. The van der Waals surface area contributed by atoms with E-state index in [-0.39, 0.29) is 4.90 Å². The molecule has 6 heteroatoms. The Morgan fingerprint density at radius 3 is 2.62 bits per heavy atom. The number of ether oxygens (including phenoxy) is 1. The molecule has 1 heterocycles. The number of nitrogens with one attached hydrogen (secondary N) is 2. The molecule has 0 fully saturated rings. The van der Waals surface area contributed by atoms with E-state index in [0.29, 0.717) is 18.0 Å². The van der Waals surface area contributed by atoms with Crippen molar-refractivity contribution in [2.45, 2.75) is 18.0 Å². The van der Waals surface area contributed by atoms with Gasteiger partial charge in [-0.3, -0.25) is 0 Å². The van der Waals surface area contributed by atoms with E-state index in [4.69, 9.17) is 4.74 Å². The molecule has 21 heavy (non-hydrogen) atoms. The summed E-state index contributed by atoms with van der Waals surface area (Å²) in [6, 6.07) is 14.2. The lowest BCUT2D eigenvalue weighted by Gasteiger charge is -2.29. The highest BCUT2D eigenvalue weighted by Gasteiger charge is 2.30. The van der Waals surface area contributed by atoms with Crippen LogP contribution >= 0.6 is 0 Å². The molecule has 0 amide bonds. The Morgan fingerprint density at radius 1 is 1.10 bits per heavy atom. The van der Waals surface area contributed by atoms with Crippen molar-refractivity contribution in [1.29, 1.82) is 0 Å². The van der Waals surface area contributed by atoms with Gasteiger partial charge < -0.3 is 10.1 Å². The van der Waals surface area contributed by atoms with Crippen LogP contribution in [0.2, 0.25) is 0 Å². The minimum Gasteiger partial charge on any atom is -0.493 e. The van der Waals surface area contributed by atoms with E-state index >= 15 is 0 Å². The van der Waals surface area contributed by atoms with Crippen molar-refractivity contribution in [2.75, 3.05) is 11.9 Å². The smallest absolute Gasteiger partial charge is 0.244 e. The normalized spacial score (nSPS) is 19.4. The lowest BCUT2D eigenvalue weighted by molar-refractivity contribution is 0.334. The maximum atomic E-state index is 12.3. The molecule has 1 atom stereocenters. The first kappa shape index (κ1) is 13.9. The molecule has 3 rings (SSSR count). The fraction of sp³-hybridized carbons (Fsp3) is 0.200. The van der Waals surface area contributed by atoms with E-state index in [2.05, 4.69) is 10.0 Å². The van der Waals surface area contributed by atoms with E-state index < -0.39 is 16.2 Å². The van der Waals surface area contributed by atoms with E-state index in [1.54, 1.807) is 24.3 Å². The van der Waals surface area contributed by atoms with Crippen molar-refractivity contribution in [3.05, 3.63) is 54.1 Å². The average molecular weight is 304 g/mol. The predicted molar refractivity (Wildman–Crippen MR) is 80.7 cm³/mol. The second kappa shape index (κ2) is 5.38. The predicted octanol–water partition coefficient (Wildman–Crippen LogP) is 2.49. The standard InChI is InChI=1S/C15H16N2O3S/c1-2-20-13-9-5-3-7-11(13)15-16-12-8-4-6-10-14(12)21(18,19)17-15/h3-10,15-17H,2H2,1H3/t15-/m1/s1. The van der Waals surface area contributed by atoms with Crippen LogP contribution < -0.4 is 14.8 Å². The maximum absolute atomic E-state index is 12.3. The highest BCUT2D eigenvalue weighted by Crippen LogP contribution is 2.34. The Kier molecular flexibility index (Phi) is 3.57. The van der Waals surface area contributed by atoms with Crippen LogP contribution in [-0.2, 0) is 10.0 Å². The molecular formula is C15H16N2O3S. The molecule has 2 aromatic rings. The SMILES string of the molecule is CCOc1ccccc1[C@@H]1Nc2ccccc2S(=O)(=O)N1. The number of sulfonamides is 1. The molecule has 5 nitrogen and oxygen atoms in total. The molecule has 1 aliphatic heterocycles. The number of hydrogen-bond donors (Lipinski definition) is 2. The molecule has 2 aromatic carbocycles. The summed E-state index contributed by atoms with van der Waals surface area (Å²) in [4.78, 5) is 0.259. The van der Waals surface area contributed by atoms with Crippen LogP contribution in [0, 0.1) is 0 Å². The summed E-state index contributed by atoms with van der Waals surface area (Å²) >= 11 is 0. The van der Waals surface area contributed by atoms with E-state index in [1.165, 1.54) is 0 Å². The number of para-hydroxylation sites is 2. The first-order valence-electron chi connectivity index (χ1n) is 6.71. The van der Waals surface area contributed by atoms with Gasteiger partial charge in [-0.15, -0.1) is 0 Å². The van der Waals surface area contributed by atoms with Gasteiger partial charge in [-0.2, -0.15) is 4.72 Å². The summed E-state index contributed by atoms with van der Waals surface area (Å²) < 4.78 is 32.9. The molecule has 0 spiro atoms. The minimum absolute atomic E-state index is 0.259. The van der Waals surface area contributed by atoms with E-state index in [1.807, 2.05) is 31.2 Å². The van der Waals surface area contributed by atoms with Gasteiger partial charge in [0.15, 0.2) is 0 Å². The van der Waals surface area contributed by atoms with Crippen molar-refractivity contribution >= 4 is 15.7 Å². The van der Waals surface area contributed by atoms with Gasteiger partial charge in [0.05, 0.1) is 12.3 Å². The largest absolute Gasteiger partial charge is 0.493 e. The molecular weight excluding hydrogens is 288 g/mol. The maximum Gasteiger partial charge on any atom is 0.244 e. The Hall–Kier alpha value is -2.05. The van der Waals surface area contributed by atoms with Gasteiger partial charge >= 0.3 is 0 Å². The Balaban J connectivity index is 2.04. The molecule has 110 valence electrons. The molecule has 0 aliphatic carbocycles. The van der Waals surface area contributed by atoms with Crippen molar-refractivity contribution in [3.63, 3.8) is 0 Å². The van der Waals surface area contributed by atoms with Gasteiger partial charge in [-0.05, 0) is 25.1 Å². The zero-order valence-electron chi connectivity index (χ0n) is 11.5. The van der Waals surface area contributed by atoms with Crippen molar-refractivity contribution in [3.8, 4) is 5.75 Å². The fourth-order valence-electron chi connectivity index (χ4n) is 2.37. The number of benzene rings is 2. The monoisotopic (exact) mass is 304 g/mol. The number of fused-ring (bicyclic) bond motifs is 1. The van der Waals surface area contributed by atoms with Crippen LogP contribution in [0.25, 0.3) is 0 Å². The average Bonchev–Trinajstić information content (AvgIpc) is 2.47. The van der Waals surface area contributed by atoms with Gasteiger partial charge in [-0.1, -0.05) is 30.3 Å². The van der Waals surface area contributed by atoms with Crippen LogP contribution in [0.5, 0.6) is 5.75 Å². The molecule has 0 aromatic heterocycles. The molecule has 0 radical (unpaired) electrons. The van der Waals surface area contributed by atoms with Crippen molar-refractivity contribution in [2.24, 2.45) is 0 Å². The summed E-state index contributed by atoms with van der Waals surface area (Å²) in [5, 5.41) is 3.20. The second-order valence-corrected chi connectivity index (χ2v) is 6.35. The Labute approximate surface area is 124 Å². The number of hydrogen-bond acceptors (Lipinski definition) is 4. The topological polar surface area (TPSA) is 67.4 Å². The summed E-state index contributed by atoms with van der Waals surface area (Å²) in [5.41, 5.74) is 1.35. The van der Waals surface area contributed by atoms with Gasteiger partial charge in [0.2, 0.25) is 10.0 Å². The van der Waals surface area contributed by atoms with Crippen molar-refractivity contribution in [1.82, 2.24) is 4.72 Å². The summed E-state index contributed by atoms with van der Waals surface area (Å²) in [5.74, 6) is 0.666. The second-order valence-electron chi connectivity index (χ2n) is 4.67. The first-order valence-corrected chi connectivity index (χ1v) is 8.20. The summed E-state index contributed by atoms with van der Waals surface area (Å²) in [6.07, 6.45) is -0.548. The third-order valence-electron chi connectivity index (χ3n) is 3.28. The van der Waals surface area contributed by atoms with Crippen LogP contribution in [-0.4, -0.2) is 15.0 Å². The highest BCUT2D eigenvalue weighted by atomic mass is 32.2.